The van der Waals surface area contributed by atoms with Crippen molar-refractivity contribution in [2.24, 2.45) is 17.8 Å². The summed E-state index contributed by atoms with van der Waals surface area (Å²) in [6.45, 7) is 13.1. The summed E-state index contributed by atoms with van der Waals surface area (Å²) < 4.78 is 2.08. The van der Waals surface area contributed by atoms with Gasteiger partial charge in [-0.1, -0.05) is 43.6 Å². The Hall–Kier alpha value is -3.42. The smallest absolute Gasteiger partial charge is 0.260 e. The number of aromatic nitrogens is 3. The molecule has 2 aliphatic carbocycles. The van der Waals surface area contributed by atoms with Crippen LogP contribution in [0.2, 0.25) is 5.02 Å². The maximum atomic E-state index is 14.9. The van der Waals surface area contributed by atoms with Crippen molar-refractivity contribution < 1.29 is 0 Å². The quantitative estimate of drug-likeness (QED) is 0.245. The molecule has 3 aliphatic rings. The fourth-order valence-electron chi connectivity index (χ4n) is 8.98. The topological polar surface area (TPSA) is 66.3 Å². The highest BCUT2D eigenvalue weighted by atomic mass is 35.5. The lowest BCUT2D eigenvalue weighted by molar-refractivity contribution is 0.0281. The number of likely N-dealkylation sites (N-methyl/N-ethyl adjacent to an activating group) is 1. The Balaban J connectivity index is 1.35. The number of benzene rings is 2. The molecule has 3 fully saturated rings. The van der Waals surface area contributed by atoms with E-state index in [9.17, 15) is 4.79 Å². The third-order valence-electron chi connectivity index (χ3n) is 10.7. The second-order valence-electron chi connectivity index (χ2n) is 14.4. The standard InChI is InChI=1S/C37H45ClN6O/c1-23-16-27-17-24(2)20-37(19-23,21-27)44-34-30(26(4)33(35(44)45)29-8-6-7-9-31(29)38)22-39-36(41-34)40-28-10-11-32(25(3)18-28)43-14-12-42(5)13-15-43/h6-11,18,22-24,27H,12-17,19-21H2,1-5H3,(H,39,40,41). The predicted molar refractivity (Wildman–Crippen MR) is 186 cm³/mol. The number of hydrogen-bond donors (Lipinski definition) is 1. The van der Waals surface area contributed by atoms with Crippen LogP contribution in [0.5, 0.6) is 0 Å². The second kappa shape index (κ2) is 11.7. The largest absolute Gasteiger partial charge is 0.369 e. The first-order valence-electron chi connectivity index (χ1n) is 16.6. The van der Waals surface area contributed by atoms with Crippen molar-refractivity contribution in [3.05, 3.63) is 75.2 Å². The van der Waals surface area contributed by atoms with Gasteiger partial charge in [-0.25, -0.2) is 4.98 Å². The molecule has 7 nitrogen and oxygen atoms in total. The van der Waals surface area contributed by atoms with Gasteiger partial charge in [0.15, 0.2) is 0 Å². The number of aryl methyl sites for hydroxylation is 2. The van der Waals surface area contributed by atoms with Gasteiger partial charge in [0.2, 0.25) is 5.95 Å². The van der Waals surface area contributed by atoms with E-state index < -0.39 is 0 Å². The first kappa shape index (κ1) is 30.2. The van der Waals surface area contributed by atoms with Crippen molar-refractivity contribution in [1.29, 1.82) is 0 Å². The molecule has 2 unspecified atom stereocenters. The van der Waals surface area contributed by atoms with Gasteiger partial charge in [-0.3, -0.25) is 9.36 Å². The molecule has 7 rings (SSSR count). The maximum Gasteiger partial charge on any atom is 0.260 e. The summed E-state index contributed by atoms with van der Waals surface area (Å²) in [4.78, 5) is 29.7. The van der Waals surface area contributed by atoms with Crippen molar-refractivity contribution in [3.63, 3.8) is 0 Å². The minimum Gasteiger partial charge on any atom is -0.369 e. The lowest BCUT2D eigenvalue weighted by Gasteiger charge is -2.51. The van der Waals surface area contributed by atoms with Gasteiger partial charge in [0, 0.05) is 59.7 Å². The SMILES string of the molecule is Cc1cc(Nc2ncc3c(C)c(-c4ccccc4Cl)c(=O)n(C45CC(C)CC(CC(C)C4)C5)c3n2)ccc1N1CCN(C)CC1. The van der Waals surface area contributed by atoms with Crippen LogP contribution in [0.3, 0.4) is 0 Å². The van der Waals surface area contributed by atoms with E-state index in [1.54, 1.807) is 0 Å². The molecule has 45 heavy (non-hydrogen) atoms. The van der Waals surface area contributed by atoms with Crippen molar-refractivity contribution in [2.75, 3.05) is 43.4 Å². The predicted octanol–water partition coefficient (Wildman–Crippen LogP) is 7.79. The normalized spacial score (nSPS) is 25.5. The van der Waals surface area contributed by atoms with E-state index in [4.69, 9.17) is 21.6 Å². The summed E-state index contributed by atoms with van der Waals surface area (Å²) in [6.07, 6.45) is 7.33. The molecule has 2 aromatic carbocycles. The van der Waals surface area contributed by atoms with Crippen LogP contribution in [-0.4, -0.2) is 52.7 Å². The van der Waals surface area contributed by atoms with Crippen molar-refractivity contribution in [3.8, 4) is 11.1 Å². The third-order valence-corrected chi connectivity index (χ3v) is 11.0. The van der Waals surface area contributed by atoms with Crippen LogP contribution in [0, 0.1) is 31.6 Å². The summed E-state index contributed by atoms with van der Waals surface area (Å²) in [5.41, 5.74) is 6.19. The molecule has 0 amide bonds. The average molecular weight is 625 g/mol. The number of fused-ring (bicyclic) bond motifs is 3. The van der Waals surface area contributed by atoms with Gasteiger partial charge in [-0.15, -0.1) is 0 Å². The molecule has 0 radical (unpaired) electrons. The Kier molecular flexibility index (Phi) is 7.89. The van der Waals surface area contributed by atoms with Crippen molar-refractivity contribution >= 4 is 40.0 Å². The lowest BCUT2D eigenvalue weighted by atomic mass is 9.61. The van der Waals surface area contributed by atoms with Crippen LogP contribution in [0.4, 0.5) is 17.3 Å². The number of nitrogens with zero attached hydrogens (tertiary/aromatic N) is 5. The number of piperazine rings is 1. The fraction of sp³-hybridized carbons (Fsp3) is 0.486. The van der Waals surface area contributed by atoms with E-state index in [-0.39, 0.29) is 11.1 Å². The summed E-state index contributed by atoms with van der Waals surface area (Å²) in [6, 6.07) is 14.2. The second-order valence-corrected chi connectivity index (χ2v) is 14.8. The first-order chi connectivity index (χ1) is 21.6. The maximum absolute atomic E-state index is 14.9. The van der Waals surface area contributed by atoms with Crippen LogP contribution in [0.1, 0.15) is 57.1 Å². The third kappa shape index (κ3) is 5.52. The van der Waals surface area contributed by atoms with Crippen LogP contribution in [-0.2, 0) is 5.54 Å². The Bertz CT molecular complexity index is 1790. The molecule has 1 aliphatic heterocycles. The van der Waals surface area contributed by atoms with Gasteiger partial charge in [-0.2, -0.15) is 4.98 Å². The Morgan fingerprint density at radius 2 is 1.67 bits per heavy atom. The van der Waals surface area contributed by atoms with Gasteiger partial charge < -0.3 is 15.1 Å². The fourth-order valence-corrected chi connectivity index (χ4v) is 9.21. The van der Waals surface area contributed by atoms with Crippen LogP contribution in [0.25, 0.3) is 22.2 Å². The van der Waals surface area contributed by atoms with E-state index in [2.05, 4.69) is 65.7 Å². The van der Waals surface area contributed by atoms with Crippen LogP contribution in [0.15, 0.2) is 53.5 Å². The number of nitrogens with one attached hydrogen (secondary N) is 1. The summed E-state index contributed by atoms with van der Waals surface area (Å²) >= 11 is 6.74. The minimum absolute atomic E-state index is 0.00655. The van der Waals surface area contributed by atoms with Gasteiger partial charge >= 0.3 is 0 Å². The highest BCUT2D eigenvalue weighted by Crippen LogP contribution is 2.52. The molecule has 236 valence electrons. The van der Waals surface area contributed by atoms with E-state index >= 15 is 0 Å². The molecule has 3 heterocycles. The number of hydrogen-bond acceptors (Lipinski definition) is 6. The lowest BCUT2D eigenvalue weighted by Crippen LogP contribution is -2.51. The first-order valence-corrected chi connectivity index (χ1v) is 17.0. The van der Waals surface area contributed by atoms with Crippen molar-refractivity contribution in [1.82, 2.24) is 19.4 Å². The molecule has 2 saturated carbocycles. The Labute approximate surface area is 271 Å². The molecule has 2 aromatic heterocycles. The molecular formula is C37H45ClN6O. The number of anilines is 3. The molecule has 4 aromatic rings. The average Bonchev–Trinajstić information content (AvgIpc) is 2.98. The summed E-state index contributed by atoms with van der Waals surface area (Å²) in [5, 5.41) is 4.97. The molecule has 8 heteroatoms. The zero-order valence-electron chi connectivity index (χ0n) is 27.2. The zero-order chi connectivity index (χ0) is 31.5. The highest BCUT2D eigenvalue weighted by molar-refractivity contribution is 6.33. The van der Waals surface area contributed by atoms with Gasteiger partial charge in [0.05, 0.1) is 11.1 Å². The molecule has 1 N–H and O–H groups in total. The number of rotatable bonds is 5. The minimum atomic E-state index is -0.286. The molecular weight excluding hydrogens is 580 g/mol. The van der Waals surface area contributed by atoms with E-state index in [1.807, 2.05) is 37.4 Å². The van der Waals surface area contributed by atoms with Crippen LogP contribution >= 0.6 is 11.6 Å². The molecule has 2 bridgehead atoms. The zero-order valence-corrected chi connectivity index (χ0v) is 28.0. The summed E-state index contributed by atoms with van der Waals surface area (Å²) in [5.74, 6) is 2.22. The molecule has 0 spiro atoms. The van der Waals surface area contributed by atoms with Gasteiger partial charge in [0.1, 0.15) is 5.65 Å². The van der Waals surface area contributed by atoms with E-state index in [0.717, 1.165) is 73.3 Å². The molecule has 1 saturated heterocycles. The van der Waals surface area contributed by atoms with Gasteiger partial charge in [-0.05, 0) is 106 Å². The van der Waals surface area contributed by atoms with Gasteiger partial charge in [0.25, 0.3) is 5.56 Å². The number of halogens is 1. The van der Waals surface area contributed by atoms with E-state index in [1.165, 1.54) is 24.1 Å². The monoisotopic (exact) mass is 624 g/mol. The molecule has 2 atom stereocenters. The Morgan fingerprint density at radius 3 is 2.36 bits per heavy atom. The highest BCUT2D eigenvalue weighted by Gasteiger charge is 2.47. The number of pyridine rings is 1. The Morgan fingerprint density at radius 1 is 0.956 bits per heavy atom. The summed E-state index contributed by atoms with van der Waals surface area (Å²) in [7, 11) is 2.18. The van der Waals surface area contributed by atoms with Crippen LogP contribution < -0.4 is 15.8 Å². The van der Waals surface area contributed by atoms with Crippen molar-refractivity contribution in [2.45, 2.75) is 65.3 Å². The van der Waals surface area contributed by atoms with E-state index in [0.29, 0.717) is 34.3 Å².